The molecule has 0 aliphatic rings. The molecule has 0 bridgehead atoms. The van der Waals surface area contributed by atoms with Gasteiger partial charge in [0.2, 0.25) is 0 Å². The van der Waals surface area contributed by atoms with Gasteiger partial charge in [0.25, 0.3) is 5.91 Å². The molecule has 6 heteroatoms. The predicted octanol–water partition coefficient (Wildman–Crippen LogP) is 3.33. The minimum Gasteiger partial charge on any atom is -0.343 e. The molecule has 0 spiro atoms. The number of benzene rings is 2. The first-order valence-electron chi connectivity index (χ1n) is 6.17. The molecule has 1 N–H and O–H groups in total. The van der Waals surface area contributed by atoms with Crippen molar-refractivity contribution in [2.24, 2.45) is 0 Å². The highest BCUT2D eigenvalue weighted by Gasteiger charge is 2.28. The van der Waals surface area contributed by atoms with E-state index in [-0.39, 0.29) is 11.3 Å². The van der Waals surface area contributed by atoms with Crippen LogP contribution >= 0.6 is 0 Å². The smallest absolute Gasteiger partial charge is 0.343 e. The van der Waals surface area contributed by atoms with Crippen LogP contribution in [0.1, 0.15) is 27.6 Å². The SMILES string of the molecule is CC(=O)c1ccc(C(=O)NCC(F)(F)F)c2ccccc12. The first-order valence-corrected chi connectivity index (χ1v) is 6.17. The van der Waals surface area contributed by atoms with Crippen molar-refractivity contribution < 1.29 is 22.8 Å². The first kappa shape index (κ1) is 15.0. The number of amides is 1. The molecule has 0 aliphatic carbocycles. The Bertz CT molecular complexity index is 708. The third kappa shape index (κ3) is 3.39. The number of nitrogens with one attached hydrogen (secondary N) is 1. The molecular formula is C15H12F3NO2. The van der Waals surface area contributed by atoms with Crippen LogP contribution in [0.3, 0.4) is 0 Å². The highest BCUT2D eigenvalue weighted by molar-refractivity contribution is 6.14. The van der Waals surface area contributed by atoms with Gasteiger partial charge in [-0.1, -0.05) is 24.3 Å². The molecule has 0 unspecified atom stereocenters. The van der Waals surface area contributed by atoms with Crippen LogP contribution in [0.5, 0.6) is 0 Å². The summed E-state index contributed by atoms with van der Waals surface area (Å²) in [5, 5.41) is 2.83. The fourth-order valence-corrected chi connectivity index (χ4v) is 2.08. The molecule has 0 saturated carbocycles. The van der Waals surface area contributed by atoms with Crippen LogP contribution in [-0.4, -0.2) is 24.4 Å². The van der Waals surface area contributed by atoms with Crippen LogP contribution in [0.25, 0.3) is 10.8 Å². The van der Waals surface area contributed by atoms with Gasteiger partial charge in [-0.15, -0.1) is 0 Å². The zero-order chi connectivity index (χ0) is 15.6. The number of rotatable bonds is 3. The third-order valence-corrected chi connectivity index (χ3v) is 3.00. The molecule has 0 heterocycles. The number of halogens is 3. The fraction of sp³-hybridized carbons (Fsp3) is 0.200. The molecule has 2 rings (SSSR count). The Morgan fingerprint density at radius 2 is 1.52 bits per heavy atom. The third-order valence-electron chi connectivity index (χ3n) is 3.00. The van der Waals surface area contributed by atoms with E-state index in [9.17, 15) is 22.8 Å². The fourth-order valence-electron chi connectivity index (χ4n) is 2.08. The van der Waals surface area contributed by atoms with E-state index in [2.05, 4.69) is 0 Å². The van der Waals surface area contributed by atoms with Crippen molar-refractivity contribution >= 4 is 22.5 Å². The van der Waals surface area contributed by atoms with Crippen molar-refractivity contribution in [2.75, 3.05) is 6.54 Å². The number of fused-ring (bicyclic) bond motifs is 1. The number of alkyl halides is 3. The van der Waals surface area contributed by atoms with Gasteiger partial charge in [-0.2, -0.15) is 13.2 Å². The highest BCUT2D eigenvalue weighted by Crippen LogP contribution is 2.23. The summed E-state index contributed by atoms with van der Waals surface area (Å²) in [6.45, 7) is -0.000208. The Balaban J connectivity index is 2.44. The van der Waals surface area contributed by atoms with Crippen LogP contribution in [0.2, 0.25) is 0 Å². The van der Waals surface area contributed by atoms with Crippen molar-refractivity contribution in [3.63, 3.8) is 0 Å². The molecule has 0 atom stereocenters. The quantitative estimate of drug-likeness (QED) is 0.883. The molecule has 2 aromatic rings. The van der Waals surface area contributed by atoms with Gasteiger partial charge in [0.15, 0.2) is 5.78 Å². The molecule has 0 aliphatic heterocycles. The summed E-state index contributed by atoms with van der Waals surface area (Å²) in [6, 6.07) is 9.44. The van der Waals surface area contributed by atoms with Gasteiger partial charge in [-0.05, 0) is 29.8 Å². The van der Waals surface area contributed by atoms with Crippen LogP contribution < -0.4 is 5.32 Å². The summed E-state index contributed by atoms with van der Waals surface area (Å²) < 4.78 is 36.5. The van der Waals surface area contributed by atoms with E-state index in [1.54, 1.807) is 24.3 Å². The molecule has 1 amide bonds. The van der Waals surface area contributed by atoms with E-state index >= 15 is 0 Å². The predicted molar refractivity (Wildman–Crippen MR) is 72.3 cm³/mol. The molecule has 0 aromatic heterocycles. The topological polar surface area (TPSA) is 46.2 Å². The lowest BCUT2D eigenvalue weighted by molar-refractivity contribution is -0.123. The van der Waals surface area contributed by atoms with E-state index < -0.39 is 18.6 Å². The maximum Gasteiger partial charge on any atom is 0.405 e. The lowest BCUT2D eigenvalue weighted by atomic mass is 9.97. The van der Waals surface area contributed by atoms with E-state index in [1.807, 2.05) is 5.32 Å². The molecule has 0 fully saturated rings. The summed E-state index contributed by atoms with van der Waals surface area (Å²) in [5.74, 6) is -0.993. The summed E-state index contributed by atoms with van der Waals surface area (Å²) in [5.41, 5.74) is 0.540. The number of carbonyl (C=O) groups excluding carboxylic acids is 2. The minimum atomic E-state index is -4.47. The highest BCUT2D eigenvalue weighted by atomic mass is 19.4. The molecule has 0 saturated heterocycles. The first-order chi connectivity index (χ1) is 9.79. The number of hydrogen-bond donors (Lipinski definition) is 1. The summed E-state index contributed by atoms with van der Waals surface area (Å²) in [4.78, 5) is 23.4. The van der Waals surface area contributed by atoms with E-state index in [1.165, 1.54) is 19.1 Å². The normalized spacial score (nSPS) is 11.4. The average molecular weight is 295 g/mol. The van der Waals surface area contributed by atoms with Gasteiger partial charge in [0.05, 0.1) is 0 Å². The van der Waals surface area contributed by atoms with E-state index in [4.69, 9.17) is 0 Å². The van der Waals surface area contributed by atoms with Crippen molar-refractivity contribution in [3.8, 4) is 0 Å². The maximum absolute atomic E-state index is 12.2. The van der Waals surface area contributed by atoms with Gasteiger partial charge in [0, 0.05) is 11.1 Å². The van der Waals surface area contributed by atoms with Gasteiger partial charge in [0.1, 0.15) is 6.54 Å². The Morgan fingerprint density at radius 1 is 1.00 bits per heavy atom. The van der Waals surface area contributed by atoms with Crippen molar-refractivity contribution in [3.05, 3.63) is 47.5 Å². The maximum atomic E-state index is 12.2. The van der Waals surface area contributed by atoms with Crippen LogP contribution in [0, 0.1) is 0 Å². The molecule has 21 heavy (non-hydrogen) atoms. The Kier molecular flexibility index (Phi) is 3.97. The Hall–Kier alpha value is -2.37. The van der Waals surface area contributed by atoms with Crippen LogP contribution in [0.4, 0.5) is 13.2 Å². The zero-order valence-electron chi connectivity index (χ0n) is 11.1. The Morgan fingerprint density at radius 3 is 2.05 bits per heavy atom. The summed E-state index contributed by atoms with van der Waals surface area (Å²) in [7, 11) is 0. The van der Waals surface area contributed by atoms with E-state index in [0.29, 0.717) is 16.3 Å². The number of ketones is 1. The molecular weight excluding hydrogens is 283 g/mol. The van der Waals surface area contributed by atoms with Crippen LogP contribution in [0.15, 0.2) is 36.4 Å². The monoisotopic (exact) mass is 295 g/mol. The molecule has 2 aromatic carbocycles. The van der Waals surface area contributed by atoms with Crippen LogP contribution in [-0.2, 0) is 0 Å². The van der Waals surface area contributed by atoms with Gasteiger partial charge in [-0.25, -0.2) is 0 Å². The molecule has 3 nitrogen and oxygen atoms in total. The molecule has 0 radical (unpaired) electrons. The molecule has 110 valence electrons. The summed E-state index contributed by atoms with van der Waals surface area (Å²) in [6.07, 6.45) is -4.47. The second-order valence-electron chi connectivity index (χ2n) is 4.56. The Labute approximate surface area is 118 Å². The van der Waals surface area contributed by atoms with Gasteiger partial charge < -0.3 is 5.32 Å². The largest absolute Gasteiger partial charge is 0.405 e. The second kappa shape index (κ2) is 5.55. The number of carbonyl (C=O) groups is 2. The van der Waals surface area contributed by atoms with Crippen molar-refractivity contribution in [1.82, 2.24) is 5.32 Å². The summed E-state index contributed by atoms with van der Waals surface area (Å²) >= 11 is 0. The second-order valence-corrected chi connectivity index (χ2v) is 4.56. The number of Topliss-reactive ketones (excluding diaryl/α,β-unsaturated/α-hetero) is 1. The standard InChI is InChI=1S/C15H12F3NO2/c1-9(20)10-6-7-13(12-5-3-2-4-11(10)12)14(21)19-8-15(16,17)18/h2-7H,8H2,1H3,(H,19,21). The van der Waals surface area contributed by atoms with Crippen molar-refractivity contribution in [2.45, 2.75) is 13.1 Å². The number of hydrogen-bond acceptors (Lipinski definition) is 2. The lowest BCUT2D eigenvalue weighted by Gasteiger charge is -2.11. The van der Waals surface area contributed by atoms with Crippen molar-refractivity contribution in [1.29, 1.82) is 0 Å². The van der Waals surface area contributed by atoms with Gasteiger partial charge in [-0.3, -0.25) is 9.59 Å². The van der Waals surface area contributed by atoms with E-state index in [0.717, 1.165) is 0 Å². The lowest BCUT2D eigenvalue weighted by Crippen LogP contribution is -2.33. The zero-order valence-corrected chi connectivity index (χ0v) is 11.1. The average Bonchev–Trinajstić information content (AvgIpc) is 2.42. The minimum absolute atomic E-state index is 0.111. The van der Waals surface area contributed by atoms with Gasteiger partial charge >= 0.3 is 6.18 Å².